The first kappa shape index (κ1) is 18.6. The number of alkyl halides is 1. The van der Waals surface area contributed by atoms with Gasteiger partial charge in [-0.15, -0.1) is 0 Å². The van der Waals surface area contributed by atoms with Gasteiger partial charge in [0.25, 0.3) is 0 Å². The van der Waals surface area contributed by atoms with Gasteiger partial charge in [-0.3, -0.25) is 0 Å². The van der Waals surface area contributed by atoms with Crippen LogP contribution in [0.1, 0.15) is 35.0 Å². The van der Waals surface area contributed by atoms with Crippen molar-refractivity contribution in [1.29, 1.82) is 0 Å². The van der Waals surface area contributed by atoms with Crippen molar-refractivity contribution in [3.05, 3.63) is 47.2 Å². The normalized spacial score (nSPS) is 18.9. The van der Waals surface area contributed by atoms with E-state index in [0.717, 1.165) is 11.1 Å². The molecule has 2 aliphatic heterocycles. The molecule has 0 radical (unpaired) electrons. The van der Waals surface area contributed by atoms with Crippen molar-refractivity contribution in [2.45, 2.75) is 32.5 Å². The van der Waals surface area contributed by atoms with Gasteiger partial charge in [0, 0.05) is 50.2 Å². The monoisotopic (exact) mass is 388 g/mol. The Balaban J connectivity index is 1.54. The first-order valence-electron chi connectivity index (χ1n) is 9.50. The van der Waals surface area contributed by atoms with Crippen molar-refractivity contribution in [3.63, 3.8) is 0 Å². The molecule has 28 heavy (non-hydrogen) atoms. The van der Waals surface area contributed by atoms with Gasteiger partial charge in [-0.1, -0.05) is 0 Å². The zero-order chi connectivity index (χ0) is 19.7. The molecule has 1 saturated heterocycles. The Morgan fingerprint density at radius 3 is 2.86 bits per heavy atom. The number of nitrogens with zero attached hydrogens (tertiary/aromatic N) is 4. The van der Waals surface area contributed by atoms with E-state index in [-0.39, 0.29) is 6.54 Å². The molecule has 0 amide bonds. The first-order valence-corrected chi connectivity index (χ1v) is 9.50. The Labute approximate surface area is 162 Å². The number of anilines is 2. The molecule has 1 unspecified atom stereocenters. The highest BCUT2D eigenvalue weighted by molar-refractivity contribution is 5.87. The molecular formula is C20H22F2N4O2. The lowest BCUT2D eigenvalue weighted by molar-refractivity contribution is 0.0519. The van der Waals surface area contributed by atoms with Crippen LogP contribution < -0.4 is 9.80 Å². The van der Waals surface area contributed by atoms with Crippen LogP contribution in [-0.4, -0.2) is 48.4 Å². The van der Waals surface area contributed by atoms with Gasteiger partial charge >= 0.3 is 5.97 Å². The highest BCUT2D eigenvalue weighted by Gasteiger charge is 2.25. The van der Waals surface area contributed by atoms with Crippen LogP contribution in [0.5, 0.6) is 0 Å². The molecular weight excluding hydrogens is 366 g/mol. The molecule has 1 fully saturated rings. The summed E-state index contributed by atoms with van der Waals surface area (Å²) in [5, 5.41) is 0. The summed E-state index contributed by atoms with van der Waals surface area (Å²) >= 11 is 0. The summed E-state index contributed by atoms with van der Waals surface area (Å²) in [5.74, 6) is -0.477. The van der Waals surface area contributed by atoms with Crippen molar-refractivity contribution in [2.24, 2.45) is 0 Å². The van der Waals surface area contributed by atoms with E-state index in [0.29, 0.717) is 56.3 Å². The van der Waals surface area contributed by atoms with Crippen molar-refractivity contribution < 1.29 is 18.3 Å². The van der Waals surface area contributed by atoms with Gasteiger partial charge in [-0.05, 0) is 37.0 Å². The summed E-state index contributed by atoms with van der Waals surface area (Å²) < 4.78 is 32.6. The Kier molecular flexibility index (Phi) is 5.11. The van der Waals surface area contributed by atoms with Gasteiger partial charge in [0.2, 0.25) is 5.95 Å². The lowest BCUT2D eigenvalue weighted by Crippen LogP contribution is -2.32. The van der Waals surface area contributed by atoms with Crippen LogP contribution >= 0.6 is 0 Å². The smallest absolute Gasteiger partial charge is 0.356 e. The third-order valence-electron chi connectivity index (χ3n) is 5.16. The summed E-state index contributed by atoms with van der Waals surface area (Å²) in [4.78, 5) is 23.9. The molecule has 1 atom stereocenters. The number of hydrogen-bond donors (Lipinski definition) is 0. The highest BCUT2D eigenvalue weighted by Crippen LogP contribution is 2.29. The van der Waals surface area contributed by atoms with Crippen LogP contribution in [0, 0.1) is 5.95 Å². The molecule has 148 valence electrons. The maximum absolute atomic E-state index is 14.1. The van der Waals surface area contributed by atoms with Gasteiger partial charge < -0.3 is 14.5 Å². The third-order valence-corrected chi connectivity index (χ3v) is 5.16. The number of esters is 1. The van der Waals surface area contributed by atoms with E-state index in [1.54, 1.807) is 19.2 Å². The molecule has 0 aromatic carbocycles. The molecule has 0 aliphatic carbocycles. The first-order chi connectivity index (χ1) is 13.5. The van der Waals surface area contributed by atoms with Crippen molar-refractivity contribution >= 4 is 17.5 Å². The second-order valence-electron chi connectivity index (χ2n) is 7.07. The van der Waals surface area contributed by atoms with E-state index < -0.39 is 18.1 Å². The van der Waals surface area contributed by atoms with E-state index >= 15 is 0 Å². The summed E-state index contributed by atoms with van der Waals surface area (Å²) in [6.07, 6.45) is 1.95. The minimum atomic E-state index is -0.874. The number of rotatable bonds is 4. The number of aromatic nitrogens is 2. The molecule has 4 rings (SSSR count). The van der Waals surface area contributed by atoms with Crippen LogP contribution in [0.15, 0.2) is 24.4 Å². The molecule has 0 N–H and O–H groups in total. The summed E-state index contributed by atoms with van der Waals surface area (Å²) in [7, 11) is 0. The fourth-order valence-corrected chi connectivity index (χ4v) is 3.72. The van der Waals surface area contributed by atoms with E-state index in [1.165, 1.54) is 6.07 Å². The van der Waals surface area contributed by atoms with Crippen LogP contribution in [0.3, 0.4) is 0 Å². The molecule has 0 saturated carbocycles. The predicted molar refractivity (Wildman–Crippen MR) is 101 cm³/mol. The Hall–Kier alpha value is -2.77. The van der Waals surface area contributed by atoms with Gasteiger partial charge in [0.15, 0.2) is 0 Å². The Morgan fingerprint density at radius 1 is 1.25 bits per heavy atom. The quantitative estimate of drug-likeness (QED) is 0.593. The average molecular weight is 388 g/mol. The highest BCUT2D eigenvalue weighted by atomic mass is 19.1. The largest absolute Gasteiger partial charge is 0.461 e. The summed E-state index contributed by atoms with van der Waals surface area (Å²) in [5.41, 5.74) is 2.96. The number of halogens is 2. The van der Waals surface area contributed by atoms with E-state index in [2.05, 4.69) is 9.97 Å². The minimum Gasteiger partial charge on any atom is -0.461 e. The molecule has 0 spiro atoms. The van der Waals surface area contributed by atoms with Gasteiger partial charge in [-0.25, -0.2) is 19.2 Å². The fraction of sp³-hybridized carbons (Fsp3) is 0.450. The van der Waals surface area contributed by atoms with Crippen LogP contribution in [-0.2, 0) is 17.7 Å². The summed E-state index contributed by atoms with van der Waals surface area (Å²) in [6, 6.07) is 4.93. The number of pyridine rings is 2. The van der Waals surface area contributed by atoms with E-state index in [9.17, 15) is 13.6 Å². The van der Waals surface area contributed by atoms with Crippen LogP contribution in [0.25, 0.3) is 0 Å². The molecule has 0 bridgehead atoms. The van der Waals surface area contributed by atoms with E-state index in [4.69, 9.17) is 4.74 Å². The second kappa shape index (κ2) is 7.69. The number of hydrogen-bond acceptors (Lipinski definition) is 6. The van der Waals surface area contributed by atoms with Gasteiger partial charge in [-0.2, -0.15) is 4.39 Å². The zero-order valence-electron chi connectivity index (χ0n) is 15.7. The van der Waals surface area contributed by atoms with Crippen molar-refractivity contribution in [1.82, 2.24) is 9.97 Å². The maximum Gasteiger partial charge on any atom is 0.356 e. The third kappa shape index (κ3) is 3.76. The maximum atomic E-state index is 14.1. The number of ether oxygens (including phenoxy) is 1. The minimum absolute atomic E-state index is 0.284. The predicted octanol–water partition coefficient (Wildman–Crippen LogP) is 2.90. The molecule has 6 nitrogen and oxygen atoms in total. The lowest BCUT2D eigenvalue weighted by atomic mass is 10.0. The van der Waals surface area contributed by atoms with Gasteiger partial charge in [0.1, 0.15) is 17.7 Å². The Morgan fingerprint density at radius 2 is 2.11 bits per heavy atom. The molecule has 2 aromatic rings. The number of fused-ring (bicyclic) bond motifs is 1. The molecule has 8 heteroatoms. The summed E-state index contributed by atoms with van der Waals surface area (Å²) in [6.45, 7) is 4.08. The standard InChI is InChI=1S/C20H22F2N4O2/c1-2-28-20(27)17-7-13-3-5-26(11-14(13)10-23-17)19-9-16(8-18(22)24-19)25-6-4-15(21)12-25/h7-10,15H,2-6,11-12H2,1H3. The van der Waals surface area contributed by atoms with Crippen LogP contribution in [0.4, 0.5) is 20.3 Å². The lowest BCUT2D eigenvalue weighted by Gasteiger charge is -2.30. The average Bonchev–Trinajstić information content (AvgIpc) is 3.13. The van der Waals surface area contributed by atoms with E-state index in [1.807, 2.05) is 15.9 Å². The van der Waals surface area contributed by atoms with Gasteiger partial charge in [0.05, 0.1) is 6.61 Å². The molecule has 4 heterocycles. The van der Waals surface area contributed by atoms with Crippen molar-refractivity contribution in [3.8, 4) is 0 Å². The number of carbonyl (C=O) groups is 1. The second-order valence-corrected chi connectivity index (χ2v) is 7.07. The SMILES string of the molecule is CCOC(=O)c1cc2c(cn1)CN(c1cc(N3CCC(F)C3)cc(F)n1)CC2. The number of carbonyl (C=O) groups excluding carboxylic acids is 1. The Bertz CT molecular complexity index is 893. The zero-order valence-corrected chi connectivity index (χ0v) is 15.7. The van der Waals surface area contributed by atoms with Crippen LogP contribution in [0.2, 0.25) is 0 Å². The van der Waals surface area contributed by atoms with Crippen molar-refractivity contribution in [2.75, 3.05) is 36.0 Å². The topological polar surface area (TPSA) is 58.6 Å². The fourth-order valence-electron chi connectivity index (χ4n) is 3.72. The molecule has 2 aromatic heterocycles. The molecule has 2 aliphatic rings.